The van der Waals surface area contributed by atoms with Gasteiger partial charge >= 0.3 is 5.97 Å². The van der Waals surface area contributed by atoms with Crippen molar-refractivity contribution >= 4 is 18.4 Å². The van der Waals surface area contributed by atoms with Gasteiger partial charge in [-0.25, -0.2) is 0 Å². The molecule has 0 aromatic rings. The standard InChI is InChI=1S/C8H17NO2.ClH/c1-9-7-5-3-4-6-8(10)11-2;/h9H,3-7H2,1-2H3;1H. The molecule has 0 amide bonds. The molecule has 0 saturated carbocycles. The summed E-state index contributed by atoms with van der Waals surface area (Å²) in [5.41, 5.74) is 0. The molecule has 4 heteroatoms. The van der Waals surface area contributed by atoms with Gasteiger partial charge in [-0.3, -0.25) is 4.79 Å². The van der Waals surface area contributed by atoms with Crippen molar-refractivity contribution in [3.63, 3.8) is 0 Å². The van der Waals surface area contributed by atoms with Crippen molar-refractivity contribution in [2.45, 2.75) is 25.7 Å². The normalized spacial score (nSPS) is 8.83. The van der Waals surface area contributed by atoms with E-state index in [1.54, 1.807) is 0 Å². The summed E-state index contributed by atoms with van der Waals surface area (Å²) in [5, 5.41) is 3.05. The van der Waals surface area contributed by atoms with Crippen LogP contribution in [-0.2, 0) is 9.53 Å². The van der Waals surface area contributed by atoms with Crippen LogP contribution < -0.4 is 5.32 Å². The van der Waals surface area contributed by atoms with Crippen LogP contribution >= 0.6 is 12.4 Å². The van der Waals surface area contributed by atoms with Gasteiger partial charge in [0.05, 0.1) is 7.11 Å². The highest BCUT2D eigenvalue weighted by molar-refractivity contribution is 5.85. The van der Waals surface area contributed by atoms with E-state index < -0.39 is 0 Å². The van der Waals surface area contributed by atoms with E-state index in [0.717, 1.165) is 25.8 Å². The van der Waals surface area contributed by atoms with Crippen LogP contribution in [0.5, 0.6) is 0 Å². The van der Waals surface area contributed by atoms with Gasteiger partial charge in [-0.05, 0) is 26.4 Å². The van der Waals surface area contributed by atoms with E-state index in [2.05, 4.69) is 10.1 Å². The number of rotatable bonds is 6. The summed E-state index contributed by atoms with van der Waals surface area (Å²) in [6, 6.07) is 0. The molecule has 3 nitrogen and oxygen atoms in total. The molecule has 0 atom stereocenters. The van der Waals surface area contributed by atoms with Crippen LogP contribution in [-0.4, -0.2) is 26.7 Å². The molecule has 0 fully saturated rings. The molecule has 0 unspecified atom stereocenters. The minimum absolute atomic E-state index is 0. The molecule has 0 radical (unpaired) electrons. The molecule has 0 spiro atoms. The first kappa shape index (κ1) is 14.3. The Morgan fingerprint density at radius 1 is 1.33 bits per heavy atom. The molecular formula is C8H18ClNO2. The van der Waals surface area contributed by atoms with Crippen LogP contribution in [0.4, 0.5) is 0 Å². The fourth-order valence-electron chi connectivity index (χ4n) is 0.850. The monoisotopic (exact) mass is 195 g/mol. The third-order valence-electron chi connectivity index (χ3n) is 1.54. The van der Waals surface area contributed by atoms with Crippen molar-refractivity contribution in [3.05, 3.63) is 0 Å². The Morgan fingerprint density at radius 3 is 2.50 bits per heavy atom. The molecule has 0 rings (SSSR count). The lowest BCUT2D eigenvalue weighted by atomic mass is 10.2. The summed E-state index contributed by atoms with van der Waals surface area (Å²) in [4.78, 5) is 10.6. The van der Waals surface area contributed by atoms with E-state index >= 15 is 0 Å². The van der Waals surface area contributed by atoms with Gasteiger partial charge in [-0.15, -0.1) is 12.4 Å². The van der Waals surface area contributed by atoms with Crippen LogP contribution in [0.3, 0.4) is 0 Å². The molecule has 0 aliphatic carbocycles. The van der Waals surface area contributed by atoms with Crippen molar-refractivity contribution in [2.75, 3.05) is 20.7 Å². The number of ether oxygens (including phenoxy) is 1. The van der Waals surface area contributed by atoms with E-state index in [0.29, 0.717) is 6.42 Å². The van der Waals surface area contributed by atoms with Gasteiger partial charge in [0.15, 0.2) is 0 Å². The zero-order valence-corrected chi connectivity index (χ0v) is 8.58. The Bertz CT molecular complexity index is 109. The lowest BCUT2D eigenvalue weighted by Gasteiger charge is -1.99. The number of hydrogen-bond donors (Lipinski definition) is 1. The molecule has 12 heavy (non-hydrogen) atoms. The second-order valence-electron chi connectivity index (χ2n) is 2.49. The third kappa shape index (κ3) is 9.72. The zero-order valence-electron chi connectivity index (χ0n) is 7.76. The summed E-state index contributed by atoms with van der Waals surface area (Å²) >= 11 is 0. The fourth-order valence-corrected chi connectivity index (χ4v) is 0.850. The predicted octanol–water partition coefficient (Wildman–Crippen LogP) is 1.36. The predicted molar refractivity (Wildman–Crippen MR) is 51.7 cm³/mol. The molecule has 0 aliphatic rings. The average Bonchev–Trinajstić information content (AvgIpc) is 2.04. The Kier molecular flexibility index (Phi) is 12.7. The SMILES string of the molecule is CNCCCCCC(=O)OC.Cl. The van der Waals surface area contributed by atoms with E-state index in [-0.39, 0.29) is 18.4 Å². The van der Waals surface area contributed by atoms with Crippen molar-refractivity contribution in [1.29, 1.82) is 0 Å². The van der Waals surface area contributed by atoms with Gasteiger partial charge in [-0.2, -0.15) is 0 Å². The van der Waals surface area contributed by atoms with Crippen molar-refractivity contribution in [2.24, 2.45) is 0 Å². The Morgan fingerprint density at radius 2 is 2.00 bits per heavy atom. The van der Waals surface area contributed by atoms with Gasteiger partial charge in [0.25, 0.3) is 0 Å². The second-order valence-corrected chi connectivity index (χ2v) is 2.49. The van der Waals surface area contributed by atoms with E-state index in [4.69, 9.17) is 0 Å². The molecule has 0 aromatic heterocycles. The summed E-state index contributed by atoms with van der Waals surface area (Å²) in [6.07, 6.45) is 3.72. The largest absolute Gasteiger partial charge is 0.469 e. The number of carbonyl (C=O) groups excluding carboxylic acids is 1. The lowest BCUT2D eigenvalue weighted by Crippen LogP contribution is -2.07. The number of nitrogens with one attached hydrogen (secondary N) is 1. The minimum atomic E-state index is -0.102. The third-order valence-corrected chi connectivity index (χ3v) is 1.54. The zero-order chi connectivity index (χ0) is 8.53. The van der Waals surface area contributed by atoms with Crippen molar-refractivity contribution in [3.8, 4) is 0 Å². The first-order chi connectivity index (χ1) is 5.31. The maximum Gasteiger partial charge on any atom is 0.305 e. The van der Waals surface area contributed by atoms with Crippen LogP contribution in [0.15, 0.2) is 0 Å². The van der Waals surface area contributed by atoms with Crippen LogP contribution in [0, 0.1) is 0 Å². The number of hydrogen-bond acceptors (Lipinski definition) is 3. The maximum absolute atomic E-state index is 10.6. The Labute approximate surface area is 80.3 Å². The summed E-state index contributed by atoms with van der Waals surface area (Å²) in [6.45, 7) is 1.03. The van der Waals surface area contributed by atoms with Crippen molar-refractivity contribution in [1.82, 2.24) is 5.32 Å². The smallest absolute Gasteiger partial charge is 0.305 e. The summed E-state index contributed by atoms with van der Waals surface area (Å²) < 4.78 is 4.50. The van der Waals surface area contributed by atoms with E-state index in [1.807, 2.05) is 7.05 Å². The molecule has 0 bridgehead atoms. The number of carbonyl (C=O) groups is 1. The van der Waals surface area contributed by atoms with Crippen LogP contribution in [0.2, 0.25) is 0 Å². The highest BCUT2D eigenvalue weighted by Crippen LogP contribution is 1.99. The Hall–Kier alpha value is -0.280. The topological polar surface area (TPSA) is 38.3 Å². The molecule has 0 aromatic carbocycles. The lowest BCUT2D eigenvalue weighted by molar-refractivity contribution is -0.140. The fraction of sp³-hybridized carbons (Fsp3) is 0.875. The summed E-state index contributed by atoms with van der Waals surface area (Å²) in [7, 11) is 3.36. The molecule has 0 aliphatic heterocycles. The number of halogens is 1. The molecule has 74 valence electrons. The highest BCUT2D eigenvalue weighted by Gasteiger charge is 1.97. The molecule has 1 N–H and O–H groups in total. The quantitative estimate of drug-likeness (QED) is 0.514. The van der Waals surface area contributed by atoms with E-state index in [9.17, 15) is 4.79 Å². The van der Waals surface area contributed by atoms with Crippen LogP contribution in [0.25, 0.3) is 0 Å². The van der Waals surface area contributed by atoms with Gasteiger partial charge in [0.1, 0.15) is 0 Å². The van der Waals surface area contributed by atoms with Gasteiger partial charge in [0.2, 0.25) is 0 Å². The van der Waals surface area contributed by atoms with Crippen LogP contribution in [0.1, 0.15) is 25.7 Å². The number of esters is 1. The summed E-state index contributed by atoms with van der Waals surface area (Å²) in [5.74, 6) is -0.102. The first-order valence-electron chi connectivity index (χ1n) is 4.02. The molecular weight excluding hydrogens is 178 g/mol. The molecule has 0 heterocycles. The maximum atomic E-state index is 10.6. The number of unbranched alkanes of at least 4 members (excludes halogenated alkanes) is 2. The van der Waals surface area contributed by atoms with Gasteiger partial charge in [-0.1, -0.05) is 6.42 Å². The molecule has 0 saturated heterocycles. The first-order valence-corrected chi connectivity index (χ1v) is 4.02. The average molecular weight is 196 g/mol. The Balaban J connectivity index is 0. The highest BCUT2D eigenvalue weighted by atomic mass is 35.5. The number of methoxy groups -OCH3 is 1. The second kappa shape index (κ2) is 10.7. The minimum Gasteiger partial charge on any atom is -0.469 e. The van der Waals surface area contributed by atoms with Gasteiger partial charge in [0, 0.05) is 6.42 Å². The van der Waals surface area contributed by atoms with Crippen molar-refractivity contribution < 1.29 is 9.53 Å². The van der Waals surface area contributed by atoms with Gasteiger partial charge < -0.3 is 10.1 Å². The van der Waals surface area contributed by atoms with E-state index in [1.165, 1.54) is 7.11 Å².